The van der Waals surface area contributed by atoms with Gasteiger partial charge in [-0.15, -0.1) is 11.3 Å². The lowest BCUT2D eigenvalue weighted by molar-refractivity contribution is 0.0602. The number of methoxy groups -OCH3 is 1. The van der Waals surface area contributed by atoms with E-state index >= 15 is 0 Å². The van der Waals surface area contributed by atoms with Crippen molar-refractivity contribution in [3.05, 3.63) is 81.3 Å². The third-order valence-corrected chi connectivity index (χ3v) is 5.84. The van der Waals surface area contributed by atoms with Gasteiger partial charge in [0.2, 0.25) is 0 Å². The van der Waals surface area contributed by atoms with Crippen LogP contribution in [0.25, 0.3) is 0 Å². The Hall–Kier alpha value is -3.43. The number of hydrogen-bond acceptors (Lipinski definition) is 5. The van der Waals surface area contributed by atoms with Gasteiger partial charge < -0.3 is 10.1 Å². The van der Waals surface area contributed by atoms with E-state index in [1.807, 2.05) is 6.07 Å². The summed E-state index contributed by atoms with van der Waals surface area (Å²) in [6.07, 6.45) is 3.71. The Labute approximate surface area is 179 Å². The summed E-state index contributed by atoms with van der Waals surface area (Å²) in [5.74, 6) is 5.95. The van der Waals surface area contributed by atoms with Crippen LogP contribution in [0, 0.1) is 11.8 Å². The van der Waals surface area contributed by atoms with Crippen LogP contribution in [0.3, 0.4) is 0 Å². The number of aromatic nitrogens is 1. The van der Waals surface area contributed by atoms with Crippen LogP contribution in [0.1, 0.15) is 62.2 Å². The number of rotatable bonds is 4. The molecule has 6 heteroatoms. The van der Waals surface area contributed by atoms with Crippen molar-refractivity contribution in [2.24, 2.45) is 0 Å². The van der Waals surface area contributed by atoms with Crippen molar-refractivity contribution in [2.75, 3.05) is 12.4 Å². The molecule has 0 aliphatic heterocycles. The van der Waals surface area contributed by atoms with E-state index in [-0.39, 0.29) is 5.91 Å². The van der Waals surface area contributed by atoms with Gasteiger partial charge in [-0.3, -0.25) is 4.79 Å². The number of benzene rings is 2. The highest BCUT2D eigenvalue weighted by molar-refractivity contribution is 7.10. The van der Waals surface area contributed by atoms with E-state index < -0.39 is 5.97 Å². The van der Waals surface area contributed by atoms with Gasteiger partial charge in [-0.05, 0) is 49.1 Å². The van der Waals surface area contributed by atoms with Gasteiger partial charge in [0.05, 0.1) is 24.1 Å². The summed E-state index contributed by atoms with van der Waals surface area (Å²) in [6.45, 7) is 0. The summed E-state index contributed by atoms with van der Waals surface area (Å²) in [7, 11) is 1.31. The Morgan fingerprint density at radius 3 is 2.73 bits per heavy atom. The molecule has 1 aliphatic rings. The first-order valence-electron chi connectivity index (χ1n) is 9.70. The lowest BCUT2D eigenvalue weighted by Gasteiger charge is -2.22. The van der Waals surface area contributed by atoms with Crippen LogP contribution in [-0.4, -0.2) is 24.0 Å². The molecule has 150 valence electrons. The smallest absolute Gasteiger partial charge is 0.339 e. The molecule has 30 heavy (non-hydrogen) atoms. The molecule has 0 atom stereocenters. The van der Waals surface area contributed by atoms with E-state index in [4.69, 9.17) is 4.74 Å². The fourth-order valence-electron chi connectivity index (χ4n) is 3.17. The number of carbonyl (C=O) groups is 2. The molecule has 1 aliphatic carbocycles. The van der Waals surface area contributed by atoms with E-state index in [0.29, 0.717) is 22.7 Å². The van der Waals surface area contributed by atoms with Crippen molar-refractivity contribution >= 4 is 28.9 Å². The molecule has 0 unspecified atom stereocenters. The van der Waals surface area contributed by atoms with Crippen LogP contribution in [0.4, 0.5) is 5.69 Å². The fraction of sp³-hybridized carbons (Fsp3) is 0.208. The topological polar surface area (TPSA) is 68.3 Å². The summed E-state index contributed by atoms with van der Waals surface area (Å²) in [4.78, 5) is 29.2. The number of para-hydroxylation sites is 1. The Balaban J connectivity index is 1.49. The van der Waals surface area contributed by atoms with Crippen molar-refractivity contribution in [1.82, 2.24) is 4.98 Å². The van der Waals surface area contributed by atoms with Gasteiger partial charge in [-0.1, -0.05) is 30.5 Å². The van der Waals surface area contributed by atoms with Crippen LogP contribution >= 0.6 is 11.3 Å². The summed E-state index contributed by atoms with van der Waals surface area (Å²) in [5.41, 5.74) is 3.03. The maximum Gasteiger partial charge on any atom is 0.339 e. The molecule has 0 spiro atoms. The molecule has 2 aromatic carbocycles. The minimum absolute atomic E-state index is 0.301. The molecular weight excluding hydrogens is 396 g/mol. The summed E-state index contributed by atoms with van der Waals surface area (Å²) in [5, 5.41) is 5.66. The molecule has 3 aromatic rings. The molecule has 4 rings (SSSR count). The molecule has 0 radical (unpaired) electrons. The van der Waals surface area contributed by atoms with E-state index in [9.17, 15) is 9.59 Å². The van der Waals surface area contributed by atoms with E-state index in [1.54, 1.807) is 53.8 Å². The second kappa shape index (κ2) is 8.93. The first-order chi connectivity index (χ1) is 14.6. The zero-order valence-corrected chi connectivity index (χ0v) is 17.3. The van der Waals surface area contributed by atoms with Gasteiger partial charge in [-0.2, -0.15) is 0 Å². The number of hydrogen-bond donors (Lipinski definition) is 1. The predicted octanol–water partition coefficient (Wildman–Crippen LogP) is 4.85. The van der Waals surface area contributed by atoms with Gasteiger partial charge in [-0.25, -0.2) is 9.78 Å². The van der Waals surface area contributed by atoms with E-state index in [0.717, 1.165) is 16.3 Å². The van der Waals surface area contributed by atoms with Gasteiger partial charge >= 0.3 is 5.97 Å². The molecule has 0 saturated heterocycles. The van der Waals surface area contributed by atoms with Crippen LogP contribution in [0.15, 0.2) is 53.9 Å². The van der Waals surface area contributed by atoms with Crippen LogP contribution in [-0.2, 0) is 4.74 Å². The first kappa shape index (κ1) is 19.9. The third-order valence-electron chi connectivity index (χ3n) is 5.06. The van der Waals surface area contributed by atoms with Crippen LogP contribution in [0.2, 0.25) is 0 Å². The second-order valence-corrected chi connectivity index (χ2v) is 7.89. The van der Waals surface area contributed by atoms with E-state index in [1.165, 1.54) is 26.4 Å². The Bertz CT molecular complexity index is 1150. The number of nitrogens with one attached hydrogen (secondary N) is 1. The number of anilines is 1. The molecule has 1 aromatic heterocycles. The molecule has 1 saturated carbocycles. The zero-order valence-electron chi connectivity index (χ0n) is 16.5. The van der Waals surface area contributed by atoms with Gasteiger partial charge in [0, 0.05) is 22.4 Å². The molecule has 5 nitrogen and oxygen atoms in total. The number of thiazole rings is 1. The van der Waals surface area contributed by atoms with Crippen molar-refractivity contribution in [2.45, 2.75) is 25.2 Å². The summed E-state index contributed by atoms with van der Waals surface area (Å²) < 4.78 is 4.77. The maximum atomic E-state index is 12.7. The number of esters is 1. The minimum Gasteiger partial charge on any atom is -0.465 e. The minimum atomic E-state index is -0.504. The second-order valence-electron chi connectivity index (χ2n) is 7.03. The monoisotopic (exact) mass is 416 g/mol. The molecular formula is C24H20N2O3S. The van der Waals surface area contributed by atoms with Crippen LogP contribution in [0.5, 0.6) is 0 Å². The average Bonchev–Trinajstić information content (AvgIpc) is 3.19. The number of amides is 1. The van der Waals surface area contributed by atoms with Gasteiger partial charge in [0.1, 0.15) is 0 Å². The normalized spacial score (nSPS) is 13.0. The molecule has 1 fully saturated rings. The standard InChI is InChI=1S/C24H20N2O3S/c1-29-24(28)19-10-2-3-11-20(19)26-23(27)18-9-4-6-16(14-18)12-13-22-25-21(15-30-22)17-7-5-8-17/h2-4,6,9-11,14-15,17H,5,7-8H2,1H3,(H,26,27). The number of nitrogens with zero attached hydrogens (tertiary/aromatic N) is 1. The van der Waals surface area contributed by atoms with Crippen molar-refractivity contribution in [1.29, 1.82) is 0 Å². The van der Waals surface area contributed by atoms with Gasteiger partial charge in [0.25, 0.3) is 5.91 Å². The predicted molar refractivity (Wildman–Crippen MR) is 117 cm³/mol. The first-order valence-corrected chi connectivity index (χ1v) is 10.6. The zero-order chi connectivity index (χ0) is 20.9. The highest BCUT2D eigenvalue weighted by Gasteiger charge is 2.21. The Morgan fingerprint density at radius 2 is 1.97 bits per heavy atom. The van der Waals surface area contributed by atoms with Crippen molar-refractivity contribution < 1.29 is 14.3 Å². The lowest BCUT2D eigenvalue weighted by Crippen LogP contribution is -2.15. The SMILES string of the molecule is COC(=O)c1ccccc1NC(=O)c1cccc(C#Cc2nc(C3CCC3)cs2)c1. The quantitative estimate of drug-likeness (QED) is 0.488. The summed E-state index contributed by atoms with van der Waals surface area (Å²) in [6, 6.07) is 13.8. The Kier molecular flexibility index (Phi) is 5.92. The van der Waals surface area contributed by atoms with Crippen molar-refractivity contribution in [3.63, 3.8) is 0 Å². The van der Waals surface area contributed by atoms with E-state index in [2.05, 4.69) is 27.5 Å². The van der Waals surface area contributed by atoms with Gasteiger partial charge in [0.15, 0.2) is 5.01 Å². The molecule has 1 amide bonds. The third kappa shape index (κ3) is 4.42. The largest absolute Gasteiger partial charge is 0.465 e. The lowest BCUT2D eigenvalue weighted by atomic mass is 9.83. The molecule has 0 bridgehead atoms. The average molecular weight is 417 g/mol. The maximum absolute atomic E-state index is 12.7. The van der Waals surface area contributed by atoms with Crippen LogP contribution < -0.4 is 5.32 Å². The molecule has 1 heterocycles. The highest BCUT2D eigenvalue weighted by Crippen LogP contribution is 2.36. The Morgan fingerprint density at radius 1 is 1.13 bits per heavy atom. The fourth-order valence-corrected chi connectivity index (χ4v) is 3.92. The summed E-state index contributed by atoms with van der Waals surface area (Å²) >= 11 is 1.56. The van der Waals surface area contributed by atoms with Crippen molar-refractivity contribution in [3.8, 4) is 11.8 Å². The molecule has 1 N–H and O–H groups in total. The highest BCUT2D eigenvalue weighted by atomic mass is 32.1. The number of ether oxygens (including phenoxy) is 1. The number of carbonyl (C=O) groups excluding carboxylic acids is 2.